The van der Waals surface area contributed by atoms with E-state index in [2.05, 4.69) is 4.74 Å². The average molecular weight is 868 g/mol. The Morgan fingerprint density at radius 3 is 1.29 bits per heavy atom. The topological polar surface area (TPSA) is 154 Å². The molecular weight excluding hydrogens is 847 g/mol. The molecule has 0 aliphatic heterocycles. The number of primary amides is 1. The van der Waals surface area contributed by atoms with E-state index in [1.165, 1.54) is 35.6 Å². The maximum atomic E-state index is 14.3. The highest BCUT2D eigenvalue weighted by atomic mass is 19.4. The molecule has 322 valence electrons. The normalized spacial score (nSPS) is 16.1. The number of amides is 3. The number of benzene rings is 1. The van der Waals surface area contributed by atoms with Gasteiger partial charge in [-0.2, -0.15) is 92.2 Å². The molecule has 1 aromatic rings. The number of nitrogens with two attached hydrogens (primary N) is 2. The van der Waals surface area contributed by atoms with Crippen LogP contribution in [0.2, 0.25) is 0 Å². The lowest BCUT2D eigenvalue weighted by atomic mass is 9.87. The highest BCUT2D eigenvalue weighted by Gasteiger charge is 2.98. The van der Waals surface area contributed by atoms with Crippen molar-refractivity contribution in [3.8, 4) is 0 Å². The van der Waals surface area contributed by atoms with E-state index in [1.54, 1.807) is 5.32 Å². The van der Waals surface area contributed by atoms with Gasteiger partial charge in [0.1, 0.15) is 12.1 Å². The molecule has 3 amide bonds. The second kappa shape index (κ2) is 15.5. The Morgan fingerprint density at radius 2 is 0.929 bits per heavy atom. The van der Waals surface area contributed by atoms with Gasteiger partial charge in [-0.05, 0) is 12.5 Å². The molecule has 0 bridgehead atoms. The molecule has 6 N–H and O–H groups in total. The number of carbonyl (C=O) groups excluding carboxylic acids is 4. The minimum atomic E-state index is -9.43. The van der Waals surface area contributed by atoms with Crippen molar-refractivity contribution in [2.45, 2.75) is 97.6 Å². The highest BCUT2D eigenvalue weighted by molar-refractivity contribution is 5.94. The van der Waals surface area contributed by atoms with Crippen LogP contribution >= 0.6 is 0 Å². The second-order valence-electron chi connectivity index (χ2n) is 11.3. The molecule has 30 heteroatoms. The van der Waals surface area contributed by atoms with Crippen LogP contribution in [0.15, 0.2) is 30.3 Å². The van der Waals surface area contributed by atoms with Crippen LogP contribution in [0, 0.1) is 0 Å². The summed E-state index contributed by atoms with van der Waals surface area (Å²) in [6.07, 6.45) is -18.8. The summed E-state index contributed by atoms with van der Waals surface area (Å²) in [5.74, 6) is -80.8. The summed E-state index contributed by atoms with van der Waals surface area (Å²) in [6.45, 7) is 0.819. The van der Waals surface area contributed by atoms with Crippen molar-refractivity contribution in [1.82, 2.24) is 10.6 Å². The predicted molar refractivity (Wildman–Crippen MR) is 138 cm³/mol. The zero-order chi connectivity index (χ0) is 44.7. The highest BCUT2D eigenvalue weighted by Crippen LogP contribution is 2.66. The molecule has 0 unspecified atom stereocenters. The Morgan fingerprint density at radius 1 is 0.571 bits per heavy atom. The van der Waals surface area contributed by atoms with Gasteiger partial charge in [0, 0.05) is 6.42 Å². The number of rotatable bonds is 18. The van der Waals surface area contributed by atoms with E-state index in [1.807, 2.05) is 0 Å². The smallest absolute Gasteiger partial charge is 0.396 e. The third kappa shape index (κ3) is 8.47. The zero-order valence-electron chi connectivity index (χ0n) is 26.7. The summed E-state index contributed by atoms with van der Waals surface area (Å²) in [5.41, 5.74) is 10.5. The van der Waals surface area contributed by atoms with Gasteiger partial charge >= 0.3 is 65.6 Å². The molecule has 0 spiro atoms. The van der Waals surface area contributed by atoms with E-state index in [0.29, 0.717) is 0 Å². The molecule has 56 heavy (non-hydrogen) atoms. The SMILES string of the molecule is C[C@H](N)C(=O)N[C@@H](CC(=O)OC(F)(F)C(F)(F)C(F)(F)C(F)(F)C(F)(F)C(F)(F)C(F)(F)C(F)(F)C(F)(F)C(F)(F)F)C(=O)N[C@@H](Cc1ccccc1)C(N)=O. The fraction of sp³-hybridized carbons (Fsp3) is 0.615. The molecule has 9 nitrogen and oxygen atoms in total. The van der Waals surface area contributed by atoms with Crippen molar-refractivity contribution in [2.75, 3.05) is 0 Å². The number of nitrogens with one attached hydrogen (secondary N) is 2. The third-order valence-electron chi connectivity index (χ3n) is 7.08. The van der Waals surface area contributed by atoms with Gasteiger partial charge in [0.2, 0.25) is 17.7 Å². The Hall–Kier alpha value is -4.41. The first-order valence-corrected chi connectivity index (χ1v) is 14.0. The molecule has 1 aromatic carbocycles. The summed E-state index contributed by atoms with van der Waals surface area (Å²) in [7, 11) is 0. The number of alkyl halides is 21. The summed E-state index contributed by atoms with van der Waals surface area (Å²) >= 11 is 0. The zero-order valence-corrected chi connectivity index (χ0v) is 26.7. The minimum Gasteiger partial charge on any atom is -0.396 e. The predicted octanol–water partition coefficient (Wildman–Crippen LogP) is 5.20. The Kier molecular flexibility index (Phi) is 13.7. The summed E-state index contributed by atoms with van der Waals surface area (Å²) in [6, 6.07) is 0.493. The molecule has 0 radical (unpaired) electrons. The van der Waals surface area contributed by atoms with E-state index in [0.717, 1.165) is 6.92 Å². The fourth-order valence-electron chi connectivity index (χ4n) is 3.82. The minimum absolute atomic E-state index is 0.215. The molecule has 0 aliphatic rings. The molecule has 0 aromatic heterocycles. The number of carbonyl (C=O) groups is 4. The molecule has 0 saturated heterocycles. The lowest BCUT2D eigenvalue weighted by molar-refractivity contribution is -0.482. The number of hydrogen-bond acceptors (Lipinski definition) is 6. The van der Waals surface area contributed by atoms with Crippen molar-refractivity contribution < 1.29 is 116 Å². The van der Waals surface area contributed by atoms with Crippen molar-refractivity contribution in [2.24, 2.45) is 11.5 Å². The van der Waals surface area contributed by atoms with E-state index >= 15 is 0 Å². The summed E-state index contributed by atoms with van der Waals surface area (Å²) in [5, 5.41) is 3.16. The molecule has 0 saturated carbocycles. The monoisotopic (exact) mass is 868 g/mol. The van der Waals surface area contributed by atoms with E-state index in [-0.39, 0.29) is 5.56 Å². The van der Waals surface area contributed by atoms with Crippen LogP contribution < -0.4 is 22.1 Å². The fourth-order valence-corrected chi connectivity index (χ4v) is 3.82. The first-order valence-electron chi connectivity index (χ1n) is 14.0. The van der Waals surface area contributed by atoms with Crippen LogP contribution in [0.4, 0.5) is 92.2 Å². The largest absolute Gasteiger partial charge is 0.473 e. The van der Waals surface area contributed by atoms with E-state index in [4.69, 9.17) is 11.5 Å². The van der Waals surface area contributed by atoms with Gasteiger partial charge in [-0.25, -0.2) is 0 Å². The lowest BCUT2D eigenvalue weighted by Crippen LogP contribution is -2.77. The Balaban J connectivity index is 3.58. The van der Waals surface area contributed by atoms with Crippen molar-refractivity contribution in [3.63, 3.8) is 0 Å². The van der Waals surface area contributed by atoms with Crippen LogP contribution in [0.5, 0.6) is 0 Å². The van der Waals surface area contributed by atoms with Gasteiger partial charge in [0.25, 0.3) is 0 Å². The van der Waals surface area contributed by atoms with Crippen LogP contribution in [0.25, 0.3) is 0 Å². The summed E-state index contributed by atoms with van der Waals surface area (Å²) < 4.78 is 288. The quantitative estimate of drug-likeness (QED) is 0.118. The molecular formula is C26H21F21N4O5. The van der Waals surface area contributed by atoms with Crippen molar-refractivity contribution in [3.05, 3.63) is 35.9 Å². The molecule has 0 aliphatic carbocycles. The van der Waals surface area contributed by atoms with Crippen LogP contribution in [0.3, 0.4) is 0 Å². The first kappa shape index (κ1) is 49.6. The molecule has 0 heterocycles. The maximum Gasteiger partial charge on any atom is 0.473 e. The van der Waals surface area contributed by atoms with E-state index < -0.39 is 114 Å². The first-order chi connectivity index (χ1) is 24.6. The lowest BCUT2D eigenvalue weighted by Gasteiger charge is -2.44. The van der Waals surface area contributed by atoms with Gasteiger partial charge in [-0.15, -0.1) is 0 Å². The van der Waals surface area contributed by atoms with Crippen molar-refractivity contribution in [1.29, 1.82) is 0 Å². The van der Waals surface area contributed by atoms with Crippen LogP contribution in [-0.2, 0) is 30.3 Å². The van der Waals surface area contributed by atoms with Gasteiger partial charge in [-0.1, -0.05) is 30.3 Å². The second-order valence-corrected chi connectivity index (χ2v) is 11.3. The van der Waals surface area contributed by atoms with Crippen LogP contribution in [-0.4, -0.2) is 101 Å². The van der Waals surface area contributed by atoms with Gasteiger partial charge < -0.3 is 26.8 Å². The number of esters is 1. The average Bonchev–Trinajstić information content (AvgIpc) is 3.02. The van der Waals surface area contributed by atoms with E-state index in [9.17, 15) is 111 Å². The molecule has 1 rings (SSSR count). The molecule has 0 fully saturated rings. The molecule has 3 atom stereocenters. The van der Waals surface area contributed by atoms with Crippen molar-refractivity contribution >= 4 is 23.7 Å². The number of halogens is 21. The Labute approximate surface area is 296 Å². The van der Waals surface area contributed by atoms with Gasteiger partial charge in [0.05, 0.1) is 12.5 Å². The standard InChI is InChI=1S/C26H21F21N4O5/c1-9(48)15(54)51-12(16(55)50-11(14(49)53)7-10-5-3-2-4-6-10)8-13(52)56-26(46,47)24(41,42)22(37,38)20(33,34)18(29,30)17(27,28)19(31,32)21(35,36)23(39,40)25(43,44)45/h2-6,9,11-12H,7-8,48H2,1H3,(H2,49,53)(H,50,55)(H,51,54)/t9-,11-,12-/m0/s1. The third-order valence-corrected chi connectivity index (χ3v) is 7.08. The number of ether oxygens (including phenoxy) is 1. The number of hydrogen-bond donors (Lipinski definition) is 4. The van der Waals surface area contributed by atoms with Crippen LogP contribution in [0.1, 0.15) is 18.9 Å². The Bertz CT molecular complexity index is 1600. The van der Waals surface area contributed by atoms with Gasteiger partial charge in [0.15, 0.2) is 0 Å². The van der Waals surface area contributed by atoms with Gasteiger partial charge in [-0.3, -0.25) is 19.2 Å². The maximum absolute atomic E-state index is 14.3. The summed E-state index contributed by atoms with van der Waals surface area (Å²) in [4.78, 5) is 48.7.